The summed E-state index contributed by atoms with van der Waals surface area (Å²) in [4.78, 5) is 38.4. The summed E-state index contributed by atoms with van der Waals surface area (Å²) in [5.74, 6) is -0.426. The van der Waals surface area contributed by atoms with E-state index in [2.05, 4.69) is 15.9 Å². The Labute approximate surface area is 187 Å². The van der Waals surface area contributed by atoms with Gasteiger partial charge in [-0.15, -0.1) is 0 Å². The van der Waals surface area contributed by atoms with Crippen molar-refractivity contribution in [2.75, 3.05) is 13.2 Å². The molecule has 0 spiro atoms. The van der Waals surface area contributed by atoms with Crippen molar-refractivity contribution in [1.82, 2.24) is 4.90 Å². The molecule has 2 amide bonds. The predicted octanol–water partition coefficient (Wildman–Crippen LogP) is 4.94. The van der Waals surface area contributed by atoms with Crippen molar-refractivity contribution in [2.45, 2.75) is 20.4 Å². The molecule has 0 unspecified atom stereocenters. The first-order chi connectivity index (χ1) is 14.4. The monoisotopic (exact) mass is 489 g/mol. The van der Waals surface area contributed by atoms with Gasteiger partial charge in [0.15, 0.2) is 6.61 Å². The van der Waals surface area contributed by atoms with Gasteiger partial charge in [0, 0.05) is 10.0 Å². The number of hydrogen-bond acceptors (Lipinski definition) is 6. The van der Waals surface area contributed by atoms with Gasteiger partial charge in [-0.25, -0.2) is 4.79 Å². The van der Waals surface area contributed by atoms with Crippen molar-refractivity contribution < 1.29 is 23.9 Å². The summed E-state index contributed by atoms with van der Waals surface area (Å²) in [5, 5.41) is -0.322. The molecule has 0 radical (unpaired) electrons. The number of carbonyl (C=O) groups is 3. The number of aryl methyl sites for hydroxylation is 1. The number of hydrogen-bond donors (Lipinski definition) is 0. The quantitative estimate of drug-likeness (QED) is 0.405. The Hall–Kier alpha value is -2.58. The summed E-state index contributed by atoms with van der Waals surface area (Å²) in [7, 11) is 0. The van der Waals surface area contributed by atoms with Crippen molar-refractivity contribution in [3.05, 3.63) is 68.5 Å². The molecule has 0 atom stereocenters. The topological polar surface area (TPSA) is 72.9 Å². The first kappa shape index (κ1) is 22.1. The Bertz CT molecular complexity index is 1020. The van der Waals surface area contributed by atoms with Crippen molar-refractivity contribution in [1.29, 1.82) is 0 Å². The Kier molecular flexibility index (Phi) is 7.33. The zero-order valence-corrected chi connectivity index (χ0v) is 18.9. The zero-order chi connectivity index (χ0) is 21.7. The van der Waals surface area contributed by atoms with E-state index < -0.39 is 5.97 Å². The highest BCUT2D eigenvalue weighted by molar-refractivity contribution is 9.10. The van der Waals surface area contributed by atoms with Gasteiger partial charge in [-0.2, -0.15) is 0 Å². The van der Waals surface area contributed by atoms with Gasteiger partial charge in [-0.1, -0.05) is 45.8 Å². The van der Waals surface area contributed by atoms with Gasteiger partial charge in [-0.3, -0.25) is 14.5 Å². The molecule has 1 aliphatic heterocycles. The molecule has 1 aliphatic rings. The van der Waals surface area contributed by atoms with Gasteiger partial charge >= 0.3 is 5.97 Å². The van der Waals surface area contributed by atoms with Crippen molar-refractivity contribution >= 4 is 50.9 Å². The van der Waals surface area contributed by atoms with Crippen LogP contribution in [-0.2, 0) is 20.9 Å². The standard InChI is InChI=1S/C22H20BrNO5S/c1-3-28-20(25)13-29-18-8-7-17(23)10-16(18)11-19-21(26)24(22(27)30-19)12-15-6-4-5-14(2)9-15/h4-11H,3,12-13H2,1-2H3/b19-11-. The van der Waals surface area contributed by atoms with Crippen LogP contribution in [0.5, 0.6) is 5.75 Å². The van der Waals surface area contributed by atoms with Gasteiger partial charge in [0.1, 0.15) is 5.75 Å². The molecule has 1 heterocycles. The molecule has 1 saturated heterocycles. The predicted molar refractivity (Wildman–Crippen MR) is 119 cm³/mol. The van der Waals surface area contributed by atoms with Gasteiger partial charge < -0.3 is 9.47 Å². The molecule has 0 aliphatic carbocycles. The Balaban J connectivity index is 1.81. The van der Waals surface area contributed by atoms with Crippen molar-refractivity contribution in [3.8, 4) is 5.75 Å². The number of amides is 2. The number of benzene rings is 2. The number of imide groups is 1. The average Bonchev–Trinajstić information content (AvgIpc) is 2.95. The Morgan fingerprint density at radius 3 is 2.73 bits per heavy atom. The smallest absolute Gasteiger partial charge is 0.344 e. The molecular weight excluding hydrogens is 470 g/mol. The van der Waals surface area contributed by atoms with E-state index in [1.165, 1.54) is 4.90 Å². The SMILES string of the molecule is CCOC(=O)COc1ccc(Br)cc1/C=C1\SC(=O)N(Cc2cccc(C)c2)C1=O. The highest BCUT2D eigenvalue weighted by Crippen LogP contribution is 2.35. The molecular formula is C22H20BrNO5S. The normalized spacial score (nSPS) is 15.0. The van der Waals surface area contributed by atoms with E-state index in [4.69, 9.17) is 9.47 Å². The minimum absolute atomic E-state index is 0.217. The molecule has 2 aromatic rings. The van der Waals surface area contributed by atoms with Crippen molar-refractivity contribution in [2.24, 2.45) is 0 Å². The molecule has 0 N–H and O–H groups in total. The molecule has 0 bridgehead atoms. The second-order valence-corrected chi connectivity index (χ2v) is 8.44. The number of nitrogens with zero attached hydrogens (tertiary/aromatic N) is 1. The fraction of sp³-hybridized carbons (Fsp3) is 0.227. The van der Waals surface area contributed by atoms with E-state index in [-0.39, 0.29) is 30.9 Å². The fourth-order valence-electron chi connectivity index (χ4n) is 2.87. The Morgan fingerprint density at radius 2 is 2.00 bits per heavy atom. The van der Waals surface area contributed by atoms with Crippen molar-refractivity contribution in [3.63, 3.8) is 0 Å². The van der Waals surface area contributed by atoms with Crippen LogP contribution in [0.3, 0.4) is 0 Å². The van der Waals surface area contributed by atoms with Crippen LogP contribution < -0.4 is 4.74 Å². The second-order valence-electron chi connectivity index (χ2n) is 6.53. The number of thioether (sulfide) groups is 1. The largest absolute Gasteiger partial charge is 0.481 e. The fourth-order valence-corrected chi connectivity index (χ4v) is 4.08. The highest BCUT2D eigenvalue weighted by Gasteiger charge is 2.35. The summed E-state index contributed by atoms with van der Waals surface area (Å²) in [5.41, 5.74) is 2.53. The lowest BCUT2D eigenvalue weighted by Crippen LogP contribution is -2.27. The third kappa shape index (κ3) is 5.52. The molecule has 0 aromatic heterocycles. The molecule has 0 saturated carbocycles. The lowest BCUT2D eigenvalue weighted by Gasteiger charge is -2.13. The number of halogens is 1. The van der Waals surface area contributed by atoms with E-state index in [1.807, 2.05) is 31.2 Å². The number of carbonyl (C=O) groups excluding carboxylic acids is 3. The van der Waals surface area contributed by atoms with Crippen LogP contribution in [0.2, 0.25) is 0 Å². The summed E-state index contributed by atoms with van der Waals surface area (Å²) >= 11 is 4.28. The van der Waals surface area contributed by atoms with E-state index >= 15 is 0 Å². The number of rotatable bonds is 7. The molecule has 8 heteroatoms. The third-order valence-electron chi connectivity index (χ3n) is 4.21. The van der Waals surface area contributed by atoms with E-state index in [0.29, 0.717) is 16.2 Å². The third-order valence-corrected chi connectivity index (χ3v) is 5.61. The minimum Gasteiger partial charge on any atom is -0.481 e. The van der Waals surface area contributed by atoms with Crippen LogP contribution in [0.4, 0.5) is 4.79 Å². The summed E-state index contributed by atoms with van der Waals surface area (Å²) in [6.45, 7) is 3.92. The average molecular weight is 490 g/mol. The maximum absolute atomic E-state index is 12.8. The van der Waals surface area contributed by atoms with Gasteiger partial charge in [0.05, 0.1) is 18.1 Å². The highest BCUT2D eigenvalue weighted by atomic mass is 79.9. The molecule has 156 valence electrons. The van der Waals surface area contributed by atoms with Gasteiger partial charge in [-0.05, 0) is 55.4 Å². The molecule has 6 nitrogen and oxygen atoms in total. The van der Waals surface area contributed by atoms with Crippen LogP contribution in [0.1, 0.15) is 23.6 Å². The second kappa shape index (κ2) is 9.95. The van der Waals surface area contributed by atoms with Gasteiger partial charge in [0.2, 0.25) is 0 Å². The van der Waals surface area contributed by atoms with E-state index in [0.717, 1.165) is 27.4 Å². The summed E-state index contributed by atoms with van der Waals surface area (Å²) in [6, 6.07) is 12.9. The summed E-state index contributed by atoms with van der Waals surface area (Å²) < 4.78 is 11.2. The van der Waals surface area contributed by atoms with Crippen LogP contribution in [0.15, 0.2) is 51.8 Å². The van der Waals surface area contributed by atoms with E-state index in [9.17, 15) is 14.4 Å². The van der Waals surface area contributed by atoms with Crippen LogP contribution in [-0.4, -0.2) is 35.2 Å². The van der Waals surface area contributed by atoms with Gasteiger partial charge in [0.25, 0.3) is 11.1 Å². The van der Waals surface area contributed by atoms with Crippen LogP contribution in [0, 0.1) is 6.92 Å². The molecule has 2 aromatic carbocycles. The Morgan fingerprint density at radius 1 is 1.20 bits per heavy atom. The maximum atomic E-state index is 12.8. The summed E-state index contributed by atoms with van der Waals surface area (Å²) in [6.07, 6.45) is 1.60. The van der Waals surface area contributed by atoms with E-state index in [1.54, 1.807) is 31.2 Å². The molecule has 3 rings (SSSR count). The van der Waals surface area contributed by atoms with Crippen LogP contribution in [0.25, 0.3) is 6.08 Å². The zero-order valence-electron chi connectivity index (χ0n) is 16.5. The number of esters is 1. The first-order valence-electron chi connectivity index (χ1n) is 9.26. The lowest BCUT2D eigenvalue weighted by atomic mass is 10.1. The minimum atomic E-state index is -0.482. The lowest BCUT2D eigenvalue weighted by molar-refractivity contribution is -0.145. The first-order valence-corrected chi connectivity index (χ1v) is 10.9. The van der Waals surface area contributed by atoms with Crippen LogP contribution >= 0.6 is 27.7 Å². The maximum Gasteiger partial charge on any atom is 0.344 e. The number of ether oxygens (including phenoxy) is 2. The molecule has 30 heavy (non-hydrogen) atoms. The molecule has 1 fully saturated rings.